The van der Waals surface area contributed by atoms with Crippen LogP contribution in [0.25, 0.3) is 0 Å². The highest BCUT2D eigenvalue weighted by atomic mass is 35.5. The number of rotatable bonds is 8. The number of halogens is 2. The average molecular weight is 490 g/mol. The van der Waals surface area contributed by atoms with Crippen molar-refractivity contribution in [1.82, 2.24) is 14.9 Å². The van der Waals surface area contributed by atoms with E-state index in [0.717, 1.165) is 16.7 Å². The van der Waals surface area contributed by atoms with Gasteiger partial charge in [-0.15, -0.1) is 0 Å². The Bertz CT molecular complexity index is 1190. The van der Waals surface area contributed by atoms with Crippen molar-refractivity contribution in [3.05, 3.63) is 90.8 Å². The molecule has 0 unspecified atom stereocenters. The van der Waals surface area contributed by atoms with Gasteiger partial charge in [0.2, 0.25) is 5.91 Å². The van der Waals surface area contributed by atoms with E-state index < -0.39 is 0 Å². The molecule has 3 rings (SSSR count). The normalized spacial score (nSPS) is 10.9. The van der Waals surface area contributed by atoms with E-state index in [9.17, 15) is 9.59 Å². The zero-order valence-electron chi connectivity index (χ0n) is 18.2. The van der Waals surface area contributed by atoms with E-state index in [0.29, 0.717) is 45.8 Å². The number of amides is 1. The van der Waals surface area contributed by atoms with Crippen molar-refractivity contribution in [2.75, 3.05) is 12.3 Å². The molecule has 8 heteroatoms. The molecule has 5 nitrogen and oxygen atoms in total. The molecule has 0 saturated carbocycles. The molecule has 0 aliphatic rings. The lowest BCUT2D eigenvalue weighted by molar-refractivity contribution is -0.118. The fraction of sp³-hybridized carbons (Fsp3) is 0.292. The van der Waals surface area contributed by atoms with Crippen molar-refractivity contribution < 1.29 is 4.79 Å². The highest BCUT2D eigenvalue weighted by Crippen LogP contribution is 2.21. The second-order valence-electron chi connectivity index (χ2n) is 7.61. The van der Waals surface area contributed by atoms with Gasteiger partial charge >= 0.3 is 0 Å². The van der Waals surface area contributed by atoms with Gasteiger partial charge in [0.1, 0.15) is 0 Å². The van der Waals surface area contributed by atoms with Gasteiger partial charge in [-0.3, -0.25) is 14.2 Å². The molecule has 0 bridgehead atoms. The maximum absolute atomic E-state index is 12.9. The second-order valence-corrected chi connectivity index (χ2v) is 9.40. The largest absolute Gasteiger partial charge is 0.355 e. The van der Waals surface area contributed by atoms with Gasteiger partial charge in [-0.25, -0.2) is 4.98 Å². The maximum atomic E-state index is 12.9. The molecule has 0 aliphatic heterocycles. The van der Waals surface area contributed by atoms with E-state index >= 15 is 0 Å². The van der Waals surface area contributed by atoms with E-state index in [1.54, 1.807) is 19.2 Å². The summed E-state index contributed by atoms with van der Waals surface area (Å²) in [5.41, 5.74) is 4.43. The first kappa shape index (κ1) is 24.4. The van der Waals surface area contributed by atoms with E-state index in [4.69, 9.17) is 23.2 Å². The molecule has 1 N–H and O–H groups in total. The van der Waals surface area contributed by atoms with E-state index in [1.807, 2.05) is 38.1 Å². The highest BCUT2D eigenvalue weighted by Gasteiger charge is 2.14. The summed E-state index contributed by atoms with van der Waals surface area (Å²) in [6.07, 6.45) is 1.14. The van der Waals surface area contributed by atoms with Crippen molar-refractivity contribution in [1.29, 1.82) is 0 Å². The van der Waals surface area contributed by atoms with E-state index in [1.165, 1.54) is 16.3 Å². The third-order valence-corrected chi connectivity index (χ3v) is 6.69. The van der Waals surface area contributed by atoms with Crippen molar-refractivity contribution >= 4 is 40.9 Å². The molecule has 0 aliphatic carbocycles. The summed E-state index contributed by atoms with van der Waals surface area (Å²) in [7, 11) is 1.69. The summed E-state index contributed by atoms with van der Waals surface area (Å²) in [5.74, 6) is 0.0431. The smallest absolute Gasteiger partial charge is 0.257 e. The molecule has 3 aromatic rings. The van der Waals surface area contributed by atoms with Gasteiger partial charge in [0, 0.05) is 41.3 Å². The quantitative estimate of drug-likeness (QED) is 0.366. The molecule has 2 aromatic carbocycles. The van der Waals surface area contributed by atoms with Gasteiger partial charge in [0.25, 0.3) is 5.56 Å². The number of hydrogen-bond donors (Lipinski definition) is 1. The molecule has 1 aromatic heterocycles. The predicted molar refractivity (Wildman–Crippen MR) is 132 cm³/mol. The summed E-state index contributed by atoms with van der Waals surface area (Å²) in [6, 6.07) is 13.4. The Hall–Kier alpha value is -2.28. The van der Waals surface area contributed by atoms with Crippen LogP contribution in [-0.4, -0.2) is 27.8 Å². The van der Waals surface area contributed by atoms with Crippen LogP contribution >= 0.6 is 35.0 Å². The number of nitrogens with zero attached hydrogens (tertiary/aromatic N) is 2. The van der Waals surface area contributed by atoms with Crippen molar-refractivity contribution in [2.45, 2.75) is 31.8 Å². The number of hydrogen-bond acceptors (Lipinski definition) is 4. The Morgan fingerprint density at radius 2 is 1.94 bits per heavy atom. The molecule has 0 atom stereocenters. The number of carbonyl (C=O) groups is 1. The van der Waals surface area contributed by atoms with Gasteiger partial charge in [-0.2, -0.15) is 0 Å². The summed E-state index contributed by atoms with van der Waals surface area (Å²) < 4.78 is 1.52. The number of carbonyl (C=O) groups excluding carboxylic acids is 1. The molecule has 168 valence electrons. The summed E-state index contributed by atoms with van der Waals surface area (Å²) in [6.45, 7) is 4.33. The Balaban J connectivity index is 1.58. The van der Waals surface area contributed by atoms with Gasteiger partial charge in [0.15, 0.2) is 5.16 Å². The summed E-state index contributed by atoms with van der Waals surface area (Å²) in [4.78, 5) is 29.8. The van der Waals surface area contributed by atoms with Crippen LogP contribution in [0.2, 0.25) is 10.0 Å². The molecule has 1 heterocycles. The van der Waals surface area contributed by atoms with Gasteiger partial charge in [0.05, 0.1) is 5.75 Å². The number of nitrogens with one attached hydrogen (secondary N) is 1. The molecule has 1 amide bonds. The Morgan fingerprint density at radius 1 is 1.16 bits per heavy atom. The third kappa shape index (κ3) is 6.37. The first-order valence-corrected chi connectivity index (χ1v) is 11.9. The van der Waals surface area contributed by atoms with E-state index in [2.05, 4.69) is 16.4 Å². The maximum Gasteiger partial charge on any atom is 0.257 e. The molecule has 0 radical (unpaired) electrons. The first-order chi connectivity index (χ1) is 15.2. The predicted octanol–water partition coefficient (Wildman–Crippen LogP) is 4.75. The van der Waals surface area contributed by atoms with Crippen LogP contribution in [0.3, 0.4) is 0 Å². The molecular formula is C24H25Cl2N3O2S. The molecule has 0 fully saturated rings. The van der Waals surface area contributed by atoms with Crippen molar-refractivity contribution in [3.8, 4) is 0 Å². The van der Waals surface area contributed by atoms with E-state index in [-0.39, 0.29) is 17.2 Å². The standard InChI is InChI=1S/C24H25Cl2N3O2S/c1-15-5-4-6-17(11-15)12-20-16(2)28-24(29(3)23(20)31)32-14-22(30)27-10-9-18-7-8-19(25)13-21(18)26/h4-8,11,13H,9-10,12,14H2,1-3H3,(H,27,30). The topological polar surface area (TPSA) is 64.0 Å². The fourth-order valence-electron chi connectivity index (χ4n) is 3.33. The van der Waals surface area contributed by atoms with Gasteiger partial charge in [-0.05, 0) is 43.5 Å². The summed E-state index contributed by atoms with van der Waals surface area (Å²) in [5, 5.41) is 4.56. The number of aromatic nitrogens is 2. The number of benzene rings is 2. The first-order valence-electron chi connectivity index (χ1n) is 10.2. The zero-order chi connectivity index (χ0) is 23.3. The molecule has 0 spiro atoms. The van der Waals surface area contributed by atoms with Crippen LogP contribution in [0, 0.1) is 13.8 Å². The zero-order valence-corrected chi connectivity index (χ0v) is 20.6. The number of thioether (sulfide) groups is 1. The van der Waals surface area contributed by atoms with Crippen LogP contribution < -0.4 is 10.9 Å². The average Bonchev–Trinajstić information content (AvgIpc) is 2.74. The van der Waals surface area contributed by atoms with Crippen molar-refractivity contribution in [3.63, 3.8) is 0 Å². The Morgan fingerprint density at radius 3 is 2.66 bits per heavy atom. The molecule has 32 heavy (non-hydrogen) atoms. The van der Waals surface area contributed by atoms with Crippen molar-refractivity contribution in [2.24, 2.45) is 7.05 Å². The minimum absolute atomic E-state index is 0.0840. The monoisotopic (exact) mass is 489 g/mol. The van der Waals surface area contributed by atoms with Crippen LogP contribution in [0.4, 0.5) is 0 Å². The molecule has 0 saturated heterocycles. The summed E-state index contributed by atoms with van der Waals surface area (Å²) >= 11 is 13.3. The minimum Gasteiger partial charge on any atom is -0.355 e. The lowest BCUT2D eigenvalue weighted by Gasteiger charge is -2.12. The fourth-order valence-corrected chi connectivity index (χ4v) is 4.67. The number of aryl methyl sites for hydroxylation is 2. The SMILES string of the molecule is Cc1cccc(Cc2c(C)nc(SCC(=O)NCCc3ccc(Cl)cc3Cl)n(C)c2=O)c1. The lowest BCUT2D eigenvalue weighted by Crippen LogP contribution is -2.29. The van der Waals surface area contributed by atoms with Crippen LogP contribution in [-0.2, 0) is 24.7 Å². The van der Waals surface area contributed by atoms with Crippen LogP contribution in [0.5, 0.6) is 0 Å². The van der Waals surface area contributed by atoms with Crippen LogP contribution in [0.15, 0.2) is 52.4 Å². The molecular weight excluding hydrogens is 465 g/mol. The Labute approximate surface area is 202 Å². The van der Waals surface area contributed by atoms with Crippen LogP contribution in [0.1, 0.15) is 27.9 Å². The Kier molecular flexibility index (Phi) is 8.40. The lowest BCUT2D eigenvalue weighted by atomic mass is 10.0. The highest BCUT2D eigenvalue weighted by molar-refractivity contribution is 7.99. The van der Waals surface area contributed by atoms with Gasteiger partial charge < -0.3 is 5.32 Å². The van der Waals surface area contributed by atoms with Gasteiger partial charge in [-0.1, -0.05) is 70.9 Å². The minimum atomic E-state index is -0.129. The third-order valence-electron chi connectivity index (χ3n) is 5.08. The second kappa shape index (κ2) is 11.0.